The second kappa shape index (κ2) is 9.31. The number of hydrogen-bond donors (Lipinski definition) is 0. The van der Waals surface area contributed by atoms with Gasteiger partial charge in [0.1, 0.15) is 0 Å². The molecule has 0 aliphatic carbocycles. The number of tetrazole rings is 1. The van der Waals surface area contributed by atoms with Crippen molar-refractivity contribution in [2.75, 3.05) is 0 Å². The maximum atomic E-state index is 6.63. The van der Waals surface area contributed by atoms with E-state index in [1.165, 1.54) is 4.80 Å². The van der Waals surface area contributed by atoms with E-state index in [4.69, 9.17) is 44.3 Å². The molecule has 0 aliphatic heterocycles. The lowest BCUT2D eigenvalue weighted by Gasteiger charge is -2.11. The summed E-state index contributed by atoms with van der Waals surface area (Å²) in [6.07, 6.45) is 0.305. The maximum absolute atomic E-state index is 6.63. The monoisotopic (exact) mass is 542 g/mol. The van der Waals surface area contributed by atoms with Crippen LogP contribution < -0.4 is 0 Å². The van der Waals surface area contributed by atoms with Gasteiger partial charge in [0.2, 0.25) is 5.89 Å². The van der Waals surface area contributed by atoms with Crippen LogP contribution in [0.4, 0.5) is 0 Å². The zero-order valence-electron chi connectivity index (χ0n) is 19.9. The largest absolute Gasteiger partial charge is 0.419 e. The molecule has 3 aromatic heterocycles. The molecule has 2 aromatic carbocycles. The van der Waals surface area contributed by atoms with Crippen LogP contribution in [0.15, 0.2) is 46.9 Å². The summed E-state index contributed by atoms with van der Waals surface area (Å²) in [5.41, 5.74) is 3.13. The normalized spacial score (nSPS) is 11.9. The SMILES string of the molecule is Cn1nnc(Cc2c(-c3nnc(C(C)(C)C)o3)nn(-c3ccc(Cl)cc3Cl)c2-c2ccc(Cl)cc2)n1. The third-order valence-corrected chi connectivity index (χ3v) is 6.18. The molecule has 3 heterocycles. The molecule has 0 aliphatic rings. The molecule has 0 fully saturated rings. The summed E-state index contributed by atoms with van der Waals surface area (Å²) >= 11 is 19.0. The van der Waals surface area contributed by atoms with Crippen LogP contribution in [0.25, 0.3) is 28.5 Å². The summed E-state index contributed by atoms with van der Waals surface area (Å²) in [7, 11) is 1.71. The Morgan fingerprint density at radius 2 is 1.61 bits per heavy atom. The minimum Gasteiger partial charge on any atom is -0.419 e. The molecular weight excluding hydrogens is 523 g/mol. The molecule has 0 unspecified atom stereocenters. The van der Waals surface area contributed by atoms with Gasteiger partial charge in [-0.1, -0.05) is 67.7 Å². The van der Waals surface area contributed by atoms with Crippen LogP contribution in [-0.4, -0.2) is 40.2 Å². The number of rotatable bonds is 5. The lowest BCUT2D eigenvalue weighted by molar-refractivity contribution is 0.398. The number of halogens is 3. The van der Waals surface area contributed by atoms with Crippen molar-refractivity contribution in [1.29, 1.82) is 0 Å². The minimum absolute atomic E-state index is 0.276. The van der Waals surface area contributed by atoms with Crippen molar-refractivity contribution >= 4 is 34.8 Å². The molecule has 5 rings (SSSR count). The van der Waals surface area contributed by atoms with Crippen molar-refractivity contribution in [1.82, 2.24) is 40.2 Å². The van der Waals surface area contributed by atoms with Gasteiger partial charge in [-0.15, -0.1) is 20.4 Å². The number of benzene rings is 2. The van der Waals surface area contributed by atoms with Gasteiger partial charge in [0, 0.05) is 33.0 Å². The Kier molecular flexibility index (Phi) is 6.32. The van der Waals surface area contributed by atoms with Crippen LogP contribution >= 0.6 is 34.8 Å². The van der Waals surface area contributed by atoms with Gasteiger partial charge >= 0.3 is 0 Å². The van der Waals surface area contributed by atoms with Gasteiger partial charge in [0.25, 0.3) is 5.89 Å². The van der Waals surface area contributed by atoms with Crippen molar-refractivity contribution in [3.05, 3.63) is 74.8 Å². The summed E-state index contributed by atoms with van der Waals surface area (Å²) in [6, 6.07) is 12.7. The van der Waals surface area contributed by atoms with Gasteiger partial charge in [-0.25, -0.2) is 4.68 Å². The number of nitrogens with zero attached hydrogens (tertiary/aromatic N) is 8. The Labute approximate surface area is 222 Å². The summed E-state index contributed by atoms with van der Waals surface area (Å²) in [4.78, 5) is 1.40. The first-order chi connectivity index (χ1) is 17.1. The molecule has 0 amide bonds. The Morgan fingerprint density at radius 1 is 0.889 bits per heavy atom. The van der Waals surface area contributed by atoms with E-state index in [2.05, 4.69) is 25.6 Å². The Balaban J connectivity index is 1.81. The van der Waals surface area contributed by atoms with E-state index in [0.29, 0.717) is 44.6 Å². The maximum Gasteiger partial charge on any atom is 0.268 e. The molecule has 0 radical (unpaired) electrons. The van der Waals surface area contributed by atoms with E-state index < -0.39 is 0 Å². The first-order valence-corrected chi connectivity index (χ1v) is 12.1. The summed E-state index contributed by atoms with van der Waals surface area (Å²) in [5, 5.41) is 27.6. The predicted octanol–water partition coefficient (Wildman–Crippen LogP) is 5.96. The van der Waals surface area contributed by atoms with Gasteiger partial charge in [0.15, 0.2) is 11.5 Å². The van der Waals surface area contributed by atoms with Crippen molar-refractivity contribution in [3.63, 3.8) is 0 Å². The molecule has 0 saturated heterocycles. The number of hydrogen-bond acceptors (Lipinski definition) is 7. The highest BCUT2D eigenvalue weighted by Gasteiger charge is 2.29. The van der Waals surface area contributed by atoms with Crippen LogP contribution in [0.1, 0.15) is 38.0 Å². The van der Waals surface area contributed by atoms with Crippen molar-refractivity contribution in [3.8, 4) is 28.5 Å². The van der Waals surface area contributed by atoms with Gasteiger partial charge in [0.05, 0.1) is 23.5 Å². The zero-order valence-corrected chi connectivity index (χ0v) is 22.1. The summed E-state index contributed by atoms with van der Waals surface area (Å²) < 4.78 is 7.83. The number of aryl methyl sites for hydroxylation is 1. The van der Waals surface area contributed by atoms with Crippen LogP contribution in [0.5, 0.6) is 0 Å². The van der Waals surface area contributed by atoms with Gasteiger partial charge in [-0.3, -0.25) is 0 Å². The average Bonchev–Trinajstić information content (AvgIpc) is 3.53. The number of aromatic nitrogens is 8. The van der Waals surface area contributed by atoms with Crippen LogP contribution in [-0.2, 0) is 18.9 Å². The Hall–Kier alpha value is -3.27. The third kappa shape index (κ3) is 4.74. The Bertz CT molecular complexity index is 1550. The van der Waals surface area contributed by atoms with Crippen molar-refractivity contribution < 1.29 is 4.42 Å². The summed E-state index contributed by atoms with van der Waals surface area (Å²) in [6.45, 7) is 6.00. The fourth-order valence-corrected chi connectivity index (χ4v) is 4.31. The highest BCUT2D eigenvalue weighted by Crippen LogP contribution is 2.38. The fourth-order valence-electron chi connectivity index (χ4n) is 3.70. The highest BCUT2D eigenvalue weighted by atomic mass is 35.5. The lowest BCUT2D eigenvalue weighted by atomic mass is 9.97. The molecule has 36 heavy (non-hydrogen) atoms. The molecule has 0 bridgehead atoms. The van der Waals surface area contributed by atoms with Gasteiger partial charge in [-0.05, 0) is 35.5 Å². The highest BCUT2D eigenvalue weighted by molar-refractivity contribution is 6.35. The van der Waals surface area contributed by atoms with Gasteiger partial charge in [-0.2, -0.15) is 9.90 Å². The molecule has 9 nitrogen and oxygen atoms in total. The van der Waals surface area contributed by atoms with E-state index in [1.807, 2.05) is 45.0 Å². The van der Waals surface area contributed by atoms with Crippen molar-refractivity contribution in [2.45, 2.75) is 32.6 Å². The molecule has 5 aromatic rings. The first-order valence-electron chi connectivity index (χ1n) is 11.0. The van der Waals surface area contributed by atoms with E-state index in [9.17, 15) is 0 Å². The quantitative estimate of drug-likeness (QED) is 0.269. The lowest BCUT2D eigenvalue weighted by Crippen LogP contribution is -2.11. The van der Waals surface area contributed by atoms with Crippen LogP contribution in [0.3, 0.4) is 0 Å². The summed E-state index contributed by atoms with van der Waals surface area (Å²) in [5.74, 6) is 1.28. The zero-order chi connectivity index (χ0) is 25.6. The van der Waals surface area contributed by atoms with E-state index >= 15 is 0 Å². The van der Waals surface area contributed by atoms with Gasteiger partial charge < -0.3 is 4.42 Å². The van der Waals surface area contributed by atoms with Crippen LogP contribution in [0, 0.1) is 0 Å². The van der Waals surface area contributed by atoms with E-state index in [-0.39, 0.29) is 11.3 Å². The minimum atomic E-state index is -0.334. The van der Waals surface area contributed by atoms with E-state index in [1.54, 1.807) is 29.9 Å². The second-order valence-electron chi connectivity index (χ2n) is 9.22. The fraction of sp³-hybridized carbons (Fsp3) is 0.250. The molecule has 0 atom stereocenters. The Morgan fingerprint density at radius 3 is 2.22 bits per heavy atom. The smallest absolute Gasteiger partial charge is 0.268 e. The van der Waals surface area contributed by atoms with Crippen LogP contribution in [0.2, 0.25) is 15.1 Å². The molecule has 12 heteroatoms. The second-order valence-corrected chi connectivity index (χ2v) is 10.5. The third-order valence-electron chi connectivity index (χ3n) is 5.39. The predicted molar refractivity (Wildman–Crippen MR) is 138 cm³/mol. The first kappa shape index (κ1) is 24.4. The topological polar surface area (TPSA) is 100 Å². The van der Waals surface area contributed by atoms with E-state index in [0.717, 1.165) is 16.8 Å². The van der Waals surface area contributed by atoms with Crippen molar-refractivity contribution in [2.24, 2.45) is 7.05 Å². The molecule has 184 valence electrons. The standard InChI is InChI=1S/C24H21Cl3N8O/c1-24(2,3)23-30-29-22(36-23)20-16(12-19-28-33-34(4)31-19)21(13-5-7-14(25)8-6-13)35(32-20)18-10-9-15(26)11-17(18)27/h5-11H,12H2,1-4H3. The molecule has 0 saturated carbocycles. The average molecular weight is 544 g/mol. The molecule has 0 spiro atoms. The molecular formula is C24H21Cl3N8O. The molecule has 0 N–H and O–H groups in total.